The van der Waals surface area contributed by atoms with Gasteiger partial charge in [-0.25, -0.2) is 0 Å². The molecule has 0 bridgehead atoms. The summed E-state index contributed by atoms with van der Waals surface area (Å²) in [7, 11) is 0. The molecule has 1 atom stereocenters. The molecule has 1 aliphatic rings. The van der Waals surface area contributed by atoms with Crippen molar-refractivity contribution in [2.75, 3.05) is 26.2 Å². The Balaban J connectivity index is 1.28. The van der Waals surface area contributed by atoms with Crippen LogP contribution in [0.5, 0.6) is 0 Å². The summed E-state index contributed by atoms with van der Waals surface area (Å²) in [6, 6.07) is 3.70. The topological polar surface area (TPSA) is 84.2 Å². The Kier molecular flexibility index (Phi) is 7.33. The molecule has 0 aromatic carbocycles. The van der Waals surface area contributed by atoms with Crippen LogP contribution in [0.1, 0.15) is 44.9 Å². The van der Waals surface area contributed by atoms with Gasteiger partial charge in [0.2, 0.25) is 17.6 Å². The Hall–Kier alpha value is -2.28. The molecule has 0 spiro atoms. The van der Waals surface area contributed by atoms with Crippen LogP contribution in [0.15, 0.2) is 29.0 Å². The van der Waals surface area contributed by atoms with Crippen molar-refractivity contribution in [3.63, 3.8) is 0 Å². The van der Waals surface area contributed by atoms with Gasteiger partial charge in [-0.05, 0) is 56.8 Å². The van der Waals surface area contributed by atoms with E-state index >= 15 is 0 Å². The number of unbranched alkanes of at least 4 members (excludes halogenated alkanes) is 1. The Morgan fingerprint density at radius 3 is 3.15 bits per heavy atom. The lowest BCUT2D eigenvalue weighted by Crippen LogP contribution is -2.35. The molecule has 2 aromatic heterocycles. The van der Waals surface area contributed by atoms with Crippen molar-refractivity contribution in [2.45, 2.75) is 45.4 Å². The highest BCUT2D eigenvalue weighted by Crippen LogP contribution is 2.16. The van der Waals surface area contributed by atoms with Gasteiger partial charge in [-0.15, -0.1) is 0 Å². The molecular formula is C20H29N5O2. The summed E-state index contributed by atoms with van der Waals surface area (Å²) in [5, 5.41) is 6.92. The number of pyridine rings is 1. The third-order valence-electron chi connectivity index (χ3n) is 4.92. The van der Waals surface area contributed by atoms with E-state index in [0.717, 1.165) is 37.4 Å². The van der Waals surface area contributed by atoms with E-state index in [-0.39, 0.29) is 5.91 Å². The predicted molar refractivity (Wildman–Crippen MR) is 103 cm³/mol. The average molecular weight is 371 g/mol. The van der Waals surface area contributed by atoms with Gasteiger partial charge in [0.1, 0.15) is 0 Å². The van der Waals surface area contributed by atoms with E-state index in [1.807, 2.05) is 12.1 Å². The van der Waals surface area contributed by atoms with Crippen molar-refractivity contribution in [3.8, 4) is 11.4 Å². The normalized spacial score (nSPS) is 17.7. The Bertz CT molecular complexity index is 703. The third-order valence-corrected chi connectivity index (χ3v) is 4.92. The van der Waals surface area contributed by atoms with E-state index in [4.69, 9.17) is 4.52 Å². The SMILES string of the molecule is CC1CCCN(CCCCNC(=O)CCc2nc(-c3cccnc3)no2)C1. The number of aryl methyl sites for hydroxylation is 1. The number of aromatic nitrogens is 3. The summed E-state index contributed by atoms with van der Waals surface area (Å²) in [5.74, 6) is 1.83. The first-order valence-electron chi connectivity index (χ1n) is 9.93. The number of carbonyl (C=O) groups excluding carboxylic acids is 1. The van der Waals surface area contributed by atoms with E-state index in [1.54, 1.807) is 12.4 Å². The fourth-order valence-electron chi connectivity index (χ4n) is 3.46. The lowest BCUT2D eigenvalue weighted by Gasteiger charge is -2.30. The van der Waals surface area contributed by atoms with Crippen LogP contribution in [0.4, 0.5) is 0 Å². The number of piperidine rings is 1. The summed E-state index contributed by atoms with van der Waals surface area (Å²) < 4.78 is 5.21. The number of hydrogen-bond acceptors (Lipinski definition) is 6. The lowest BCUT2D eigenvalue weighted by atomic mass is 10.0. The maximum absolute atomic E-state index is 12.0. The molecule has 2 aromatic rings. The fraction of sp³-hybridized carbons (Fsp3) is 0.600. The number of rotatable bonds is 9. The minimum absolute atomic E-state index is 0.0303. The maximum atomic E-state index is 12.0. The van der Waals surface area contributed by atoms with Gasteiger partial charge < -0.3 is 14.7 Å². The molecule has 146 valence electrons. The molecule has 1 amide bonds. The monoisotopic (exact) mass is 371 g/mol. The number of nitrogens with zero attached hydrogens (tertiary/aromatic N) is 4. The highest BCUT2D eigenvalue weighted by molar-refractivity contribution is 5.75. The summed E-state index contributed by atoms with van der Waals surface area (Å²) in [6.45, 7) is 6.64. The Morgan fingerprint density at radius 1 is 1.41 bits per heavy atom. The highest BCUT2D eigenvalue weighted by atomic mass is 16.5. The summed E-state index contributed by atoms with van der Waals surface area (Å²) >= 11 is 0. The quantitative estimate of drug-likeness (QED) is 0.682. The van der Waals surface area contributed by atoms with Gasteiger partial charge in [0.25, 0.3) is 0 Å². The zero-order chi connectivity index (χ0) is 18.9. The van der Waals surface area contributed by atoms with Crippen LogP contribution in [0.3, 0.4) is 0 Å². The first kappa shape index (κ1) is 19.5. The smallest absolute Gasteiger partial charge is 0.227 e. The molecule has 1 N–H and O–H groups in total. The predicted octanol–water partition coefficient (Wildman–Crippen LogP) is 2.69. The maximum Gasteiger partial charge on any atom is 0.227 e. The minimum atomic E-state index is 0.0303. The molecule has 0 saturated carbocycles. The Labute approximate surface area is 160 Å². The lowest BCUT2D eigenvalue weighted by molar-refractivity contribution is -0.121. The van der Waals surface area contributed by atoms with Crippen molar-refractivity contribution < 1.29 is 9.32 Å². The second-order valence-electron chi connectivity index (χ2n) is 7.36. The number of likely N-dealkylation sites (tertiary alicyclic amines) is 1. The van der Waals surface area contributed by atoms with Crippen molar-refractivity contribution in [1.29, 1.82) is 0 Å². The molecule has 1 fully saturated rings. The number of carbonyl (C=O) groups is 1. The van der Waals surface area contributed by atoms with Crippen LogP contribution in [-0.2, 0) is 11.2 Å². The van der Waals surface area contributed by atoms with Crippen molar-refractivity contribution in [2.24, 2.45) is 5.92 Å². The minimum Gasteiger partial charge on any atom is -0.356 e. The molecule has 7 heteroatoms. The Morgan fingerprint density at radius 2 is 2.33 bits per heavy atom. The molecule has 3 rings (SSSR count). The van der Waals surface area contributed by atoms with E-state index in [2.05, 4.69) is 32.3 Å². The van der Waals surface area contributed by atoms with E-state index < -0.39 is 0 Å². The van der Waals surface area contributed by atoms with Crippen LogP contribution in [-0.4, -0.2) is 52.1 Å². The first-order valence-corrected chi connectivity index (χ1v) is 9.93. The molecule has 1 saturated heterocycles. The van der Waals surface area contributed by atoms with Crippen LogP contribution in [0.2, 0.25) is 0 Å². The fourth-order valence-corrected chi connectivity index (χ4v) is 3.46. The van der Waals surface area contributed by atoms with Crippen LogP contribution < -0.4 is 5.32 Å². The van der Waals surface area contributed by atoms with Gasteiger partial charge in [-0.3, -0.25) is 9.78 Å². The summed E-state index contributed by atoms with van der Waals surface area (Å²) in [4.78, 5) is 22.9. The first-order chi connectivity index (χ1) is 13.2. The van der Waals surface area contributed by atoms with Crippen LogP contribution in [0, 0.1) is 5.92 Å². The molecule has 1 aliphatic heterocycles. The number of amides is 1. The second-order valence-corrected chi connectivity index (χ2v) is 7.36. The molecule has 7 nitrogen and oxygen atoms in total. The average Bonchev–Trinajstić information content (AvgIpc) is 3.16. The second kappa shape index (κ2) is 10.2. The molecule has 0 aliphatic carbocycles. The van der Waals surface area contributed by atoms with Crippen LogP contribution >= 0.6 is 0 Å². The van der Waals surface area contributed by atoms with E-state index in [0.29, 0.717) is 24.6 Å². The van der Waals surface area contributed by atoms with Gasteiger partial charge in [0.15, 0.2) is 0 Å². The number of nitrogens with one attached hydrogen (secondary N) is 1. The van der Waals surface area contributed by atoms with Crippen molar-refractivity contribution >= 4 is 5.91 Å². The zero-order valence-corrected chi connectivity index (χ0v) is 16.1. The summed E-state index contributed by atoms with van der Waals surface area (Å²) in [5.41, 5.74) is 0.806. The highest BCUT2D eigenvalue weighted by Gasteiger charge is 2.15. The van der Waals surface area contributed by atoms with E-state index in [9.17, 15) is 4.79 Å². The largest absolute Gasteiger partial charge is 0.356 e. The van der Waals surface area contributed by atoms with Crippen LogP contribution in [0.25, 0.3) is 11.4 Å². The van der Waals surface area contributed by atoms with Gasteiger partial charge in [-0.2, -0.15) is 4.98 Å². The molecule has 1 unspecified atom stereocenters. The van der Waals surface area contributed by atoms with Gasteiger partial charge in [0, 0.05) is 43.9 Å². The van der Waals surface area contributed by atoms with Gasteiger partial charge in [-0.1, -0.05) is 12.1 Å². The van der Waals surface area contributed by atoms with E-state index in [1.165, 1.54) is 25.9 Å². The van der Waals surface area contributed by atoms with Crippen molar-refractivity contribution in [3.05, 3.63) is 30.4 Å². The molecular weight excluding hydrogens is 342 g/mol. The molecule has 27 heavy (non-hydrogen) atoms. The summed E-state index contributed by atoms with van der Waals surface area (Å²) in [6.07, 6.45) is 9.01. The van der Waals surface area contributed by atoms with Crippen molar-refractivity contribution in [1.82, 2.24) is 25.3 Å². The standard InChI is InChI=1S/C20H29N5O2/c1-16-6-5-13-25(15-16)12-3-2-11-22-18(26)8-9-19-23-20(24-27-19)17-7-4-10-21-14-17/h4,7,10,14,16H,2-3,5-6,8-9,11-13,15H2,1H3,(H,22,26). The van der Waals surface area contributed by atoms with Gasteiger partial charge >= 0.3 is 0 Å². The molecule has 0 radical (unpaired) electrons. The third kappa shape index (κ3) is 6.43. The number of hydrogen-bond donors (Lipinski definition) is 1. The van der Waals surface area contributed by atoms with Gasteiger partial charge in [0.05, 0.1) is 0 Å². The molecule has 3 heterocycles. The zero-order valence-electron chi connectivity index (χ0n) is 16.1.